The second-order valence-electron chi connectivity index (χ2n) is 6.37. The molecule has 0 aliphatic carbocycles. The molecule has 0 unspecified atom stereocenters. The number of benzene rings is 2. The summed E-state index contributed by atoms with van der Waals surface area (Å²) in [7, 11) is 0. The average molecular weight is 305 g/mol. The Bertz CT molecular complexity index is 724. The monoisotopic (exact) mass is 305 g/mol. The van der Waals surface area contributed by atoms with E-state index < -0.39 is 0 Å². The van der Waals surface area contributed by atoms with Gasteiger partial charge in [-0.2, -0.15) is 0 Å². The molecule has 0 fully saturated rings. The zero-order chi connectivity index (χ0) is 15.9. The fourth-order valence-electron chi connectivity index (χ4n) is 3.35. The third-order valence-corrected chi connectivity index (χ3v) is 4.62. The van der Waals surface area contributed by atoms with Crippen LogP contribution in [0.25, 0.3) is 22.2 Å². The van der Waals surface area contributed by atoms with Crippen LogP contribution in [0.4, 0.5) is 0 Å². The van der Waals surface area contributed by atoms with Crippen molar-refractivity contribution < 1.29 is 0 Å². The zero-order valence-corrected chi connectivity index (χ0v) is 14.2. The summed E-state index contributed by atoms with van der Waals surface area (Å²) >= 11 is 0. The lowest BCUT2D eigenvalue weighted by atomic mass is 10.1. The van der Waals surface area contributed by atoms with E-state index >= 15 is 0 Å². The average Bonchev–Trinajstić information content (AvgIpc) is 2.97. The lowest BCUT2D eigenvalue weighted by molar-refractivity contribution is 0.567. The molecule has 0 spiro atoms. The summed E-state index contributed by atoms with van der Waals surface area (Å²) in [5.41, 5.74) is 4.02. The van der Waals surface area contributed by atoms with Crippen molar-refractivity contribution in [2.24, 2.45) is 0 Å². The highest BCUT2D eigenvalue weighted by molar-refractivity contribution is 5.87. The van der Waals surface area contributed by atoms with Gasteiger partial charge in [-0.1, -0.05) is 87.6 Å². The van der Waals surface area contributed by atoms with Gasteiger partial charge >= 0.3 is 0 Å². The normalized spacial score (nSPS) is 11.2. The van der Waals surface area contributed by atoms with Crippen LogP contribution in [0.1, 0.15) is 45.4 Å². The number of fused-ring (bicyclic) bond motifs is 1. The summed E-state index contributed by atoms with van der Waals surface area (Å²) in [5, 5.41) is 1.34. The predicted molar refractivity (Wildman–Crippen MR) is 101 cm³/mol. The lowest BCUT2D eigenvalue weighted by Crippen LogP contribution is -2.00. The molecule has 1 aromatic heterocycles. The van der Waals surface area contributed by atoms with E-state index in [0.29, 0.717) is 0 Å². The molecule has 1 heteroatoms. The van der Waals surface area contributed by atoms with Crippen LogP contribution in [0.15, 0.2) is 60.7 Å². The summed E-state index contributed by atoms with van der Waals surface area (Å²) in [4.78, 5) is 0. The summed E-state index contributed by atoms with van der Waals surface area (Å²) in [5.74, 6) is 0. The Balaban J connectivity index is 1.80. The van der Waals surface area contributed by atoms with E-state index in [2.05, 4.69) is 72.2 Å². The minimum absolute atomic E-state index is 1.11. The van der Waals surface area contributed by atoms with E-state index in [1.165, 1.54) is 60.7 Å². The molecule has 0 aliphatic rings. The summed E-state index contributed by atoms with van der Waals surface area (Å²) in [6.07, 6.45) is 8.05. The van der Waals surface area contributed by atoms with Crippen LogP contribution in [-0.4, -0.2) is 4.57 Å². The molecule has 2 aromatic carbocycles. The minimum Gasteiger partial charge on any atom is -0.340 e. The van der Waals surface area contributed by atoms with E-state index in [0.717, 1.165) is 6.54 Å². The molecule has 0 amide bonds. The quantitative estimate of drug-likeness (QED) is 0.410. The summed E-state index contributed by atoms with van der Waals surface area (Å²) < 4.78 is 2.50. The molecule has 0 atom stereocenters. The maximum atomic E-state index is 2.50. The molecule has 3 aromatic rings. The Morgan fingerprint density at radius 1 is 0.739 bits per heavy atom. The van der Waals surface area contributed by atoms with Gasteiger partial charge in [0.25, 0.3) is 0 Å². The first kappa shape index (κ1) is 15.9. The fourth-order valence-corrected chi connectivity index (χ4v) is 3.35. The van der Waals surface area contributed by atoms with Crippen LogP contribution in [-0.2, 0) is 6.54 Å². The van der Waals surface area contributed by atoms with E-state index in [1.54, 1.807) is 0 Å². The number of rotatable bonds is 8. The van der Waals surface area contributed by atoms with Gasteiger partial charge in [-0.15, -0.1) is 0 Å². The van der Waals surface area contributed by atoms with Crippen LogP contribution < -0.4 is 0 Å². The number of unbranched alkanes of at least 4 members (excludes halogenated alkanes) is 5. The van der Waals surface area contributed by atoms with Crippen molar-refractivity contribution in [1.29, 1.82) is 0 Å². The molecule has 0 radical (unpaired) electrons. The van der Waals surface area contributed by atoms with E-state index in [-0.39, 0.29) is 0 Å². The van der Waals surface area contributed by atoms with Crippen LogP contribution in [0.2, 0.25) is 0 Å². The number of aromatic nitrogens is 1. The molecule has 0 saturated carbocycles. The van der Waals surface area contributed by atoms with Crippen molar-refractivity contribution in [3.63, 3.8) is 0 Å². The fraction of sp³-hybridized carbons (Fsp3) is 0.364. The number of hydrogen-bond acceptors (Lipinski definition) is 0. The van der Waals surface area contributed by atoms with Crippen molar-refractivity contribution in [3.05, 3.63) is 60.7 Å². The van der Waals surface area contributed by atoms with Gasteiger partial charge < -0.3 is 4.57 Å². The molecule has 1 heterocycles. The van der Waals surface area contributed by atoms with Gasteiger partial charge in [0.15, 0.2) is 0 Å². The Labute approximate surface area is 140 Å². The van der Waals surface area contributed by atoms with Gasteiger partial charge in [0, 0.05) is 23.1 Å². The van der Waals surface area contributed by atoms with Crippen molar-refractivity contribution in [2.45, 2.75) is 52.0 Å². The third kappa shape index (κ3) is 3.85. The molecule has 120 valence electrons. The second-order valence-corrected chi connectivity index (χ2v) is 6.37. The highest BCUT2D eigenvalue weighted by Gasteiger charge is 2.09. The van der Waals surface area contributed by atoms with Crippen molar-refractivity contribution >= 4 is 10.9 Å². The topological polar surface area (TPSA) is 4.93 Å². The summed E-state index contributed by atoms with van der Waals surface area (Å²) in [6, 6.07) is 21.9. The number of aryl methyl sites for hydroxylation is 1. The maximum Gasteiger partial charge on any atom is 0.0491 e. The smallest absolute Gasteiger partial charge is 0.0491 e. The number of nitrogens with zero attached hydrogens (tertiary/aromatic N) is 1. The lowest BCUT2D eigenvalue weighted by Gasteiger charge is -2.11. The van der Waals surface area contributed by atoms with Gasteiger partial charge in [-0.3, -0.25) is 0 Å². The van der Waals surface area contributed by atoms with E-state index in [9.17, 15) is 0 Å². The SMILES string of the molecule is CCCCCCCCn1c(-c2ccccc2)cc2ccccc21. The van der Waals surface area contributed by atoms with E-state index in [1.807, 2.05) is 0 Å². The highest BCUT2D eigenvalue weighted by Crippen LogP contribution is 2.28. The van der Waals surface area contributed by atoms with Gasteiger partial charge in [-0.05, 0) is 24.1 Å². The molecular formula is C22H27N. The molecule has 0 N–H and O–H groups in total. The largest absolute Gasteiger partial charge is 0.340 e. The second kappa shape index (κ2) is 8.01. The van der Waals surface area contributed by atoms with Crippen molar-refractivity contribution in [2.75, 3.05) is 0 Å². The molecular weight excluding hydrogens is 278 g/mol. The minimum atomic E-state index is 1.11. The molecule has 3 rings (SSSR count). The zero-order valence-electron chi connectivity index (χ0n) is 14.2. The van der Waals surface area contributed by atoms with Crippen molar-refractivity contribution in [1.82, 2.24) is 4.57 Å². The van der Waals surface area contributed by atoms with Crippen molar-refractivity contribution in [3.8, 4) is 11.3 Å². The maximum absolute atomic E-state index is 2.50. The third-order valence-electron chi connectivity index (χ3n) is 4.62. The number of hydrogen-bond donors (Lipinski definition) is 0. The highest BCUT2D eigenvalue weighted by atomic mass is 15.0. The van der Waals surface area contributed by atoms with E-state index in [4.69, 9.17) is 0 Å². The first-order valence-corrected chi connectivity index (χ1v) is 9.04. The van der Waals surface area contributed by atoms with Gasteiger partial charge in [-0.25, -0.2) is 0 Å². The van der Waals surface area contributed by atoms with Crippen LogP contribution in [0, 0.1) is 0 Å². The Hall–Kier alpha value is -2.02. The Kier molecular flexibility index (Phi) is 5.52. The summed E-state index contributed by atoms with van der Waals surface area (Å²) in [6.45, 7) is 3.39. The van der Waals surface area contributed by atoms with Crippen LogP contribution >= 0.6 is 0 Å². The van der Waals surface area contributed by atoms with Crippen LogP contribution in [0.5, 0.6) is 0 Å². The number of para-hydroxylation sites is 1. The molecule has 0 saturated heterocycles. The Morgan fingerprint density at radius 2 is 1.43 bits per heavy atom. The van der Waals surface area contributed by atoms with Gasteiger partial charge in [0.1, 0.15) is 0 Å². The van der Waals surface area contributed by atoms with Gasteiger partial charge in [0.2, 0.25) is 0 Å². The van der Waals surface area contributed by atoms with Gasteiger partial charge in [0.05, 0.1) is 0 Å². The first-order chi connectivity index (χ1) is 11.4. The first-order valence-electron chi connectivity index (χ1n) is 9.04. The van der Waals surface area contributed by atoms with Crippen LogP contribution in [0.3, 0.4) is 0 Å². The molecule has 1 nitrogen and oxygen atoms in total. The molecule has 23 heavy (non-hydrogen) atoms. The molecule has 0 aliphatic heterocycles. The molecule has 0 bridgehead atoms. The standard InChI is InChI=1S/C22H27N/c1-2-3-4-5-6-12-17-23-21-16-11-10-15-20(21)18-22(23)19-13-8-7-9-14-19/h7-11,13-16,18H,2-6,12,17H2,1H3. The predicted octanol–water partition coefficient (Wildman–Crippen LogP) is 6.67. The Morgan fingerprint density at radius 3 is 2.26 bits per heavy atom.